The van der Waals surface area contributed by atoms with Crippen molar-refractivity contribution in [1.82, 2.24) is 9.78 Å². The molecule has 1 aromatic carbocycles. The van der Waals surface area contributed by atoms with Crippen LogP contribution in [0.3, 0.4) is 0 Å². The van der Waals surface area contributed by atoms with Crippen LogP contribution in [0.5, 0.6) is 5.75 Å². The fraction of sp³-hybridized carbons (Fsp3) is 0.231. The molecule has 19 heavy (non-hydrogen) atoms. The van der Waals surface area contributed by atoms with Crippen molar-refractivity contribution in [2.45, 2.75) is 18.8 Å². The molecule has 1 aliphatic carbocycles. The van der Waals surface area contributed by atoms with E-state index in [2.05, 4.69) is 5.10 Å². The number of aromatic hydroxyl groups is 1. The summed E-state index contributed by atoms with van der Waals surface area (Å²) in [5.74, 6) is -0.757. The van der Waals surface area contributed by atoms with E-state index < -0.39 is 5.97 Å². The van der Waals surface area contributed by atoms with Crippen LogP contribution in [0, 0.1) is 0 Å². The first kappa shape index (κ1) is 12.0. The SMILES string of the molecule is O=C(O)c1cc(C2CC2)n(-c2cc(Cl)ccc2O)n1. The van der Waals surface area contributed by atoms with E-state index in [1.165, 1.54) is 10.7 Å². The third-order valence-corrected chi connectivity index (χ3v) is 3.35. The van der Waals surface area contributed by atoms with Crippen LogP contribution in [0.15, 0.2) is 24.3 Å². The normalized spacial score (nSPS) is 14.6. The molecule has 1 aromatic heterocycles. The van der Waals surface area contributed by atoms with Crippen LogP contribution >= 0.6 is 11.6 Å². The second kappa shape index (κ2) is 4.28. The van der Waals surface area contributed by atoms with Gasteiger partial charge in [-0.1, -0.05) is 11.6 Å². The highest BCUT2D eigenvalue weighted by Gasteiger charge is 2.30. The zero-order chi connectivity index (χ0) is 13.6. The summed E-state index contributed by atoms with van der Waals surface area (Å²) in [4.78, 5) is 11.0. The highest BCUT2D eigenvalue weighted by Crippen LogP contribution is 2.42. The zero-order valence-corrected chi connectivity index (χ0v) is 10.6. The lowest BCUT2D eigenvalue weighted by atomic mass is 10.2. The van der Waals surface area contributed by atoms with Gasteiger partial charge in [0, 0.05) is 16.6 Å². The van der Waals surface area contributed by atoms with Gasteiger partial charge in [-0.05, 0) is 37.1 Å². The highest BCUT2D eigenvalue weighted by atomic mass is 35.5. The molecule has 0 spiro atoms. The highest BCUT2D eigenvalue weighted by molar-refractivity contribution is 6.30. The molecule has 98 valence electrons. The van der Waals surface area contributed by atoms with Crippen molar-refractivity contribution < 1.29 is 15.0 Å². The minimum absolute atomic E-state index is 0.0198. The Morgan fingerprint density at radius 1 is 1.37 bits per heavy atom. The minimum Gasteiger partial charge on any atom is -0.506 e. The molecule has 0 unspecified atom stereocenters. The Bertz CT molecular complexity index is 662. The molecule has 1 heterocycles. The Balaban J connectivity index is 2.17. The van der Waals surface area contributed by atoms with Crippen LogP contribution in [-0.4, -0.2) is 26.0 Å². The van der Waals surface area contributed by atoms with Gasteiger partial charge < -0.3 is 10.2 Å². The molecule has 0 bridgehead atoms. The Kier molecular flexibility index (Phi) is 2.71. The zero-order valence-electron chi connectivity index (χ0n) is 9.88. The van der Waals surface area contributed by atoms with E-state index in [1.54, 1.807) is 18.2 Å². The molecule has 1 fully saturated rings. The average Bonchev–Trinajstić information content (AvgIpc) is 3.11. The van der Waals surface area contributed by atoms with Gasteiger partial charge in [0.15, 0.2) is 5.69 Å². The molecular formula is C13H11ClN2O3. The van der Waals surface area contributed by atoms with Crippen LogP contribution in [-0.2, 0) is 0 Å². The number of benzene rings is 1. The van der Waals surface area contributed by atoms with Crippen molar-refractivity contribution in [2.24, 2.45) is 0 Å². The van der Waals surface area contributed by atoms with Crippen molar-refractivity contribution in [1.29, 1.82) is 0 Å². The maximum Gasteiger partial charge on any atom is 0.356 e. The van der Waals surface area contributed by atoms with E-state index in [-0.39, 0.29) is 11.4 Å². The van der Waals surface area contributed by atoms with E-state index in [9.17, 15) is 9.90 Å². The average molecular weight is 279 g/mol. The number of phenolic OH excluding ortho intramolecular Hbond substituents is 1. The fourth-order valence-corrected chi connectivity index (χ4v) is 2.20. The number of phenols is 1. The summed E-state index contributed by atoms with van der Waals surface area (Å²) < 4.78 is 1.47. The standard InChI is InChI=1S/C13H11ClN2O3/c14-8-3-4-12(17)11(5-8)16-10(7-1-2-7)6-9(15-16)13(18)19/h3-7,17H,1-2H2,(H,18,19). The number of carbonyl (C=O) groups is 1. The molecule has 1 aliphatic rings. The number of aromatic nitrogens is 2. The van der Waals surface area contributed by atoms with Gasteiger partial charge in [0.05, 0.1) is 0 Å². The molecule has 0 atom stereocenters. The Morgan fingerprint density at radius 3 is 2.74 bits per heavy atom. The molecular weight excluding hydrogens is 268 g/mol. The molecule has 1 saturated carbocycles. The fourth-order valence-electron chi connectivity index (χ4n) is 2.03. The van der Waals surface area contributed by atoms with Crippen LogP contribution in [0.1, 0.15) is 34.9 Å². The molecule has 0 aliphatic heterocycles. The van der Waals surface area contributed by atoms with Crippen molar-refractivity contribution >= 4 is 17.6 Å². The number of aromatic carboxylic acids is 1. The number of carboxylic acid groups (broad SMARTS) is 1. The summed E-state index contributed by atoms with van der Waals surface area (Å²) in [5, 5.41) is 23.4. The maximum atomic E-state index is 11.0. The van der Waals surface area contributed by atoms with Crippen LogP contribution < -0.4 is 0 Å². The lowest BCUT2D eigenvalue weighted by Crippen LogP contribution is -2.03. The molecule has 0 radical (unpaired) electrons. The van der Waals surface area contributed by atoms with E-state index >= 15 is 0 Å². The first-order chi connectivity index (χ1) is 9.06. The third kappa shape index (κ3) is 2.17. The van der Waals surface area contributed by atoms with Crippen molar-refractivity contribution in [3.05, 3.63) is 40.7 Å². The molecule has 0 saturated heterocycles. The van der Waals surface area contributed by atoms with Gasteiger partial charge >= 0.3 is 5.97 Å². The summed E-state index contributed by atoms with van der Waals surface area (Å²) in [6.45, 7) is 0. The van der Waals surface area contributed by atoms with Gasteiger partial charge in [0.1, 0.15) is 11.4 Å². The van der Waals surface area contributed by atoms with Gasteiger partial charge in [0.25, 0.3) is 0 Å². The lowest BCUT2D eigenvalue weighted by molar-refractivity contribution is 0.0690. The quantitative estimate of drug-likeness (QED) is 0.905. The predicted octanol–water partition coefficient (Wildman–Crippen LogP) is 2.81. The van der Waals surface area contributed by atoms with Gasteiger partial charge in [0.2, 0.25) is 0 Å². The van der Waals surface area contributed by atoms with E-state index in [0.717, 1.165) is 18.5 Å². The number of nitrogens with zero attached hydrogens (tertiary/aromatic N) is 2. The molecule has 2 aromatic rings. The number of halogens is 1. The van der Waals surface area contributed by atoms with Crippen molar-refractivity contribution in [3.8, 4) is 11.4 Å². The van der Waals surface area contributed by atoms with Crippen LogP contribution in [0.4, 0.5) is 0 Å². The summed E-state index contributed by atoms with van der Waals surface area (Å²) >= 11 is 5.92. The molecule has 0 amide bonds. The minimum atomic E-state index is -1.08. The number of rotatable bonds is 3. The van der Waals surface area contributed by atoms with E-state index in [0.29, 0.717) is 16.6 Å². The second-order valence-electron chi connectivity index (χ2n) is 4.58. The Morgan fingerprint density at radius 2 is 2.11 bits per heavy atom. The predicted molar refractivity (Wildman–Crippen MR) is 69.2 cm³/mol. The second-order valence-corrected chi connectivity index (χ2v) is 5.02. The summed E-state index contributed by atoms with van der Waals surface area (Å²) in [5.41, 5.74) is 1.18. The summed E-state index contributed by atoms with van der Waals surface area (Å²) in [6.07, 6.45) is 2.01. The number of hydrogen-bond acceptors (Lipinski definition) is 3. The summed E-state index contributed by atoms with van der Waals surface area (Å²) in [6, 6.07) is 6.16. The first-order valence-electron chi connectivity index (χ1n) is 5.88. The smallest absolute Gasteiger partial charge is 0.356 e. The third-order valence-electron chi connectivity index (χ3n) is 3.12. The van der Waals surface area contributed by atoms with Crippen LogP contribution in [0.2, 0.25) is 5.02 Å². The van der Waals surface area contributed by atoms with E-state index in [1.807, 2.05) is 0 Å². The van der Waals surface area contributed by atoms with Gasteiger partial charge in [-0.15, -0.1) is 0 Å². The Hall–Kier alpha value is -2.01. The number of carboxylic acids is 1. The van der Waals surface area contributed by atoms with Crippen molar-refractivity contribution in [3.63, 3.8) is 0 Å². The maximum absolute atomic E-state index is 11.0. The molecule has 2 N–H and O–H groups in total. The number of hydrogen-bond donors (Lipinski definition) is 2. The van der Waals surface area contributed by atoms with Gasteiger partial charge in [-0.25, -0.2) is 9.48 Å². The summed E-state index contributed by atoms with van der Waals surface area (Å²) in [7, 11) is 0. The topological polar surface area (TPSA) is 75.3 Å². The molecule has 5 nitrogen and oxygen atoms in total. The molecule has 3 rings (SSSR count). The first-order valence-corrected chi connectivity index (χ1v) is 6.26. The monoisotopic (exact) mass is 278 g/mol. The largest absolute Gasteiger partial charge is 0.506 e. The van der Waals surface area contributed by atoms with Gasteiger partial charge in [-0.3, -0.25) is 0 Å². The Labute approximate surface area is 114 Å². The van der Waals surface area contributed by atoms with Crippen molar-refractivity contribution in [2.75, 3.05) is 0 Å². The lowest BCUT2D eigenvalue weighted by Gasteiger charge is -2.08. The van der Waals surface area contributed by atoms with E-state index in [4.69, 9.17) is 16.7 Å². The van der Waals surface area contributed by atoms with Crippen LogP contribution in [0.25, 0.3) is 5.69 Å². The van der Waals surface area contributed by atoms with Gasteiger partial charge in [-0.2, -0.15) is 5.10 Å². The molecule has 6 heteroatoms.